The van der Waals surface area contributed by atoms with Crippen molar-refractivity contribution in [2.75, 3.05) is 33.3 Å². The number of hydrogen-bond donors (Lipinski definition) is 0. The molecule has 0 radical (unpaired) electrons. The number of nitrogens with zero attached hydrogens (tertiary/aromatic N) is 6. The Balaban J connectivity index is 1.42. The average molecular weight is 496 g/mol. The van der Waals surface area contributed by atoms with Crippen molar-refractivity contribution in [3.05, 3.63) is 77.9 Å². The van der Waals surface area contributed by atoms with Gasteiger partial charge < -0.3 is 9.64 Å². The molecule has 4 aromatic rings. The summed E-state index contributed by atoms with van der Waals surface area (Å²) in [5.74, 6) is 0.178. The molecule has 4 heterocycles. The fourth-order valence-corrected chi connectivity index (χ4v) is 4.25. The molecule has 0 N–H and O–H groups in total. The summed E-state index contributed by atoms with van der Waals surface area (Å²) in [6.45, 7) is 2.88. The summed E-state index contributed by atoms with van der Waals surface area (Å²) in [5, 5.41) is 3.88. The molecule has 0 aliphatic carbocycles. The van der Waals surface area contributed by atoms with Gasteiger partial charge in [0, 0.05) is 50.7 Å². The molecule has 5 rings (SSSR count). The third-order valence-corrected chi connectivity index (χ3v) is 6.17. The van der Waals surface area contributed by atoms with Crippen LogP contribution in [0.25, 0.3) is 16.9 Å². The number of carbonyl (C=O) groups excluding carboxylic acids is 1. The number of ether oxygens (including phenoxy) is 1. The minimum atomic E-state index is -4.69. The maximum atomic E-state index is 13.9. The van der Waals surface area contributed by atoms with Crippen molar-refractivity contribution in [2.24, 2.45) is 0 Å². The molecule has 1 amide bonds. The molecule has 36 heavy (non-hydrogen) atoms. The minimum absolute atomic E-state index is 0.0385. The Hall–Kier alpha value is -3.99. The minimum Gasteiger partial charge on any atom is -0.497 e. The molecule has 0 atom stereocenters. The van der Waals surface area contributed by atoms with Gasteiger partial charge in [0.2, 0.25) is 0 Å². The van der Waals surface area contributed by atoms with Crippen molar-refractivity contribution < 1.29 is 22.7 Å². The molecule has 0 saturated carbocycles. The smallest absolute Gasteiger partial charge is 0.433 e. The summed E-state index contributed by atoms with van der Waals surface area (Å²) in [4.78, 5) is 25.7. The number of fused-ring (bicyclic) bond motifs is 1. The Morgan fingerprint density at radius 1 is 1.06 bits per heavy atom. The molecular formula is C25H23F3N6O2. The highest BCUT2D eigenvalue weighted by molar-refractivity contribution is 6.00. The average Bonchev–Trinajstić information content (AvgIpc) is 3.32. The lowest BCUT2D eigenvalue weighted by Gasteiger charge is -2.34. The van der Waals surface area contributed by atoms with Gasteiger partial charge in [-0.05, 0) is 42.0 Å². The largest absolute Gasteiger partial charge is 0.497 e. The molecule has 1 aliphatic rings. The number of aromatic nitrogens is 4. The highest BCUT2D eigenvalue weighted by atomic mass is 19.4. The van der Waals surface area contributed by atoms with Crippen LogP contribution in [0, 0.1) is 0 Å². The Kier molecular flexibility index (Phi) is 6.31. The van der Waals surface area contributed by atoms with E-state index in [0.29, 0.717) is 48.6 Å². The molecule has 1 saturated heterocycles. The Bertz CT molecular complexity index is 1360. The van der Waals surface area contributed by atoms with E-state index in [9.17, 15) is 18.0 Å². The monoisotopic (exact) mass is 496 g/mol. The predicted molar refractivity (Wildman–Crippen MR) is 125 cm³/mol. The van der Waals surface area contributed by atoms with Gasteiger partial charge in [0.05, 0.1) is 19.0 Å². The molecule has 186 valence electrons. The van der Waals surface area contributed by atoms with E-state index < -0.39 is 17.8 Å². The van der Waals surface area contributed by atoms with E-state index in [1.54, 1.807) is 41.6 Å². The topological polar surface area (TPSA) is 75.9 Å². The standard InChI is InChI=1S/C25H23F3N6O2/c1-36-19-6-4-18(5-7-19)21-13-22(25(26,27)28)34-23(31-21)20(15-30-34)24(35)33-11-9-32(10-12-33)16-17-3-2-8-29-14-17/h2-8,13-15H,9-12,16H2,1H3. The summed E-state index contributed by atoms with van der Waals surface area (Å²) < 4.78 is 47.5. The molecule has 1 aliphatic heterocycles. The quantitative estimate of drug-likeness (QED) is 0.419. The second kappa shape index (κ2) is 9.57. The van der Waals surface area contributed by atoms with Crippen LogP contribution in [-0.4, -0.2) is 68.6 Å². The second-order valence-electron chi connectivity index (χ2n) is 8.48. The zero-order valence-corrected chi connectivity index (χ0v) is 19.4. The van der Waals surface area contributed by atoms with Gasteiger partial charge in [0.15, 0.2) is 11.3 Å². The molecule has 0 spiro atoms. The number of pyridine rings is 1. The van der Waals surface area contributed by atoms with Gasteiger partial charge in [-0.15, -0.1) is 0 Å². The van der Waals surface area contributed by atoms with Crippen LogP contribution in [0.4, 0.5) is 13.2 Å². The summed E-state index contributed by atoms with van der Waals surface area (Å²) >= 11 is 0. The van der Waals surface area contributed by atoms with E-state index in [0.717, 1.165) is 11.6 Å². The van der Waals surface area contributed by atoms with Gasteiger partial charge in [-0.2, -0.15) is 18.3 Å². The van der Waals surface area contributed by atoms with Crippen molar-refractivity contribution >= 4 is 11.6 Å². The fraction of sp³-hybridized carbons (Fsp3) is 0.280. The van der Waals surface area contributed by atoms with E-state index in [2.05, 4.69) is 20.0 Å². The first-order chi connectivity index (χ1) is 17.3. The Morgan fingerprint density at radius 3 is 2.44 bits per heavy atom. The third kappa shape index (κ3) is 4.74. The number of hydrogen-bond acceptors (Lipinski definition) is 6. The summed E-state index contributed by atoms with van der Waals surface area (Å²) in [7, 11) is 1.50. The molecule has 0 unspecified atom stereocenters. The van der Waals surface area contributed by atoms with Crippen molar-refractivity contribution in [3.8, 4) is 17.0 Å². The van der Waals surface area contributed by atoms with Crippen LogP contribution in [0.15, 0.2) is 61.1 Å². The van der Waals surface area contributed by atoms with Crippen LogP contribution < -0.4 is 4.74 Å². The van der Waals surface area contributed by atoms with Crippen molar-refractivity contribution in [1.29, 1.82) is 0 Å². The fourth-order valence-electron chi connectivity index (χ4n) is 4.25. The SMILES string of the molecule is COc1ccc(-c2cc(C(F)(F)F)n3ncc(C(=O)N4CCN(Cc5cccnc5)CC4)c3n2)cc1. The van der Waals surface area contributed by atoms with E-state index in [-0.39, 0.29) is 16.9 Å². The van der Waals surface area contributed by atoms with Crippen LogP contribution in [0.2, 0.25) is 0 Å². The van der Waals surface area contributed by atoms with E-state index in [1.165, 1.54) is 13.3 Å². The number of amides is 1. The number of carbonyl (C=O) groups is 1. The second-order valence-corrected chi connectivity index (χ2v) is 8.48. The number of methoxy groups -OCH3 is 1. The van der Waals surface area contributed by atoms with Crippen LogP contribution in [0.3, 0.4) is 0 Å². The number of piperazine rings is 1. The van der Waals surface area contributed by atoms with E-state index >= 15 is 0 Å². The van der Waals surface area contributed by atoms with E-state index in [4.69, 9.17) is 4.74 Å². The zero-order valence-electron chi connectivity index (χ0n) is 19.4. The molecule has 0 bridgehead atoms. The van der Waals surface area contributed by atoms with Crippen molar-refractivity contribution in [2.45, 2.75) is 12.7 Å². The number of rotatable bonds is 5. The highest BCUT2D eigenvalue weighted by Gasteiger charge is 2.36. The molecule has 1 fully saturated rings. The van der Waals surface area contributed by atoms with Gasteiger partial charge in [0.1, 0.15) is 11.3 Å². The lowest BCUT2D eigenvalue weighted by atomic mass is 10.1. The molecule has 8 nitrogen and oxygen atoms in total. The number of halogens is 3. The van der Waals surface area contributed by atoms with Crippen LogP contribution in [0.5, 0.6) is 5.75 Å². The van der Waals surface area contributed by atoms with Gasteiger partial charge in [0.25, 0.3) is 5.91 Å². The van der Waals surface area contributed by atoms with Crippen LogP contribution in [0.1, 0.15) is 21.6 Å². The lowest BCUT2D eigenvalue weighted by molar-refractivity contribution is -0.142. The van der Waals surface area contributed by atoms with Gasteiger partial charge in [-0.1, -0.05) is 6.07 Å². The third-order valence-electron chi connectivity index (χ3n) is 6.17. The molecule has 11 heteroatoms. The first-order valence-electron chi connectivity index (χ1n) is 11.3. The number of alkyl halides is 3. The van der Waals surface area contributed by atoms with Crippen molar-refractivity contribution in [1.82, 2.24) is 29.4 Å². The first kappa shape index (κ1) is 23.7. The normalized spacial score (nSPS) is 14.8. The zero-order chi connectivity index (χ0) is 25.3. The first-order valence-corrected chi connectivity index (χ1v) is 11.3. The Morgan fingerprint density at radius 2 is 1.81 bits per heavy atom. The maximum Gasteiger partial charge on any atom is 0.433 e. The van der Waals surface area contributed by atoms with Gasteiger partial charge in [-0.3, -0.25) is 14.7 Å². The number of benzene rings is 1. The maximum absolute atomic E-state index is 13.9. The van der Waals surface area contributed by atoms with Gasteiger partial charge >= 0.3 is 6.18 Å². The lowest BCUT2D eigenvalue weighted by Crippen LogP contribution is -2.48. The molecule has 3 aromatic heterocycles. The predicted octanol–water partition coefficient (Wildman–Crippen LogP) is 3.78. The van der Waals surface area contributed by atoms with E-state index in [1.807, 2.05) is 12.1 Å². The Labute approximate surface area is 204 Å². The van der Waals surface area contributed by atoms with Crippen molar-refractivity contribution in [3.63, 3.8) is 0 Å². The molecule has 1 aromatic carbocycles. The summed E-state index contributed by atoms with van der Waals surface area (Å²) in [6, 6.07) is 11.3. The van der Waals surface area contributed by atoms with Crippen LogP contribution in [-0.2, 0) is 12.7 Å². The summed E-state index contributed by atoms with van der Waals surface area (Å²) in [6.07, 6.45) is 0.00183. The van der Waals surface area contributed by atoms with Crippen LogP contribution >= 0.6 is 0 Å². The van der Waals surface area contributed by atoms with Gasteiger partial charge in [-0.25, -0.2) is 9.50 Å². The summed E-state index contributed by atoms with van der Waals surface area (Å²) in [5.41, 5.74) is 0.546. The highest BCUT2D eigenvalue weighted by Crippen LogP contribution is 2.33. The molecular weight excluding hydrogens is 473 g/mol.